The Balaban J connectivity index is 0.00000128. The van der Waals surface area contributed by atoms with Crippen LogP contribution in [0.2, 0.25) is 5.15 Å². The zero-order valence-electron chi connectivity index (χ0n) is 8.74. The average Bonchev–Trinajstić information content (AvgIpc) is 2.26. The van der Waals surface area contributed by atoms with Crippen LogP contribution in [0.5, 0.6) is 0 Å². The van der Waals surface area contributed by atoms with E-state index in [4.69, 9.17) is 22.1 Å². The first kappa shape index (κ1) is 13.3. The van der Waals surface area contributed by atoms with Crippen molar-refractivity contribution in [3.63, 3.8) is 0 Å². The summed E-state index contributed by atoms with van der Waals surface area (Å²) in [6, 6.07) is 0.256. The van der Waals surface area contributed by atoms with Gasteiger partial charge in [-0.3, -0.25) is 0 Å². The van der Waals surface area contributed by atoms with E-state index in [1.165, 1.54) is 6.33 Å². The van der Waals surface area contributed by atoms with Crippen molar-refractivity contribution >= 4 is 36.6 Å². The first-order chi connectivity index (χ1) is 7.27. The molecule has 0 bridgehead atoms. The Hall–Kier alpha value is -0.720. The summed E-state index contributed by atoms with van der Waals surface area (Å²) in [6.45, 7) is 1.51. The summed E-state index contributed by atoms with van der Waals surface area (Å²) in [5.41, 5.74) is 6.13. The maximum Gasteiger partial charge on any atom is 0.157 e. The Kier molecular flexibility index (Phi) is 5.11. The molecule has 1 saturated heterocycles. The van der Waals surface area contributed by atoms with Crippen LogP contribution in [0.25, 0.3) is 0 Å². The van der Waals surface area contributed by atoms with E-state index in [1.54, 1.807) is 0 Å². The maximum atomic E-state index is 5.78. The van der Waals surface area contributed by atoms with Crippen LogP contribution in [0.15, 0.2) is 6.33 Å². The van der Waals surface area contributed by atoms with Crippen LogP contribution >= 0.6 is 25.1 Å². The zero-order chi connectivity index (χ0) is 10.7. The molecule has 1 atom stereocenters. The van der Waals surface area contributed by atoms with Crippen LogP contribution in [0.3, 0.4) is 0 Å². The molecule has 1 aliphatic heterocycles. The Bertz CT molecular complexity index is 346. The third kappa shape index (κ3) is 3.13. The fraction of sp³-hybridized carbons (Fsp3) is 0.556. The number of halogens is 1. The van der Waals surface area contributed by atoms with Gasteiger partial charge in [0.2, 0.25) is 0 Å². The molecule has 1 fully saturated rings. The minimum Gasteiger partial charge on any atom is -0.393 e. The summed E-state index contributed by atoms with van der Waals surface area (Å²) in [5.74, 6) is 0.588. The predicted molar refractivity (Wildman–Crippen MR) is 69.3 cm³/mol. The lowest BCUT2D eigenvalue weighted by atomic mass is 10.1. The van der Waals surface area contributed by atoms with E-state index in [-0.39, 0.29) is 24.7 Å². The third-order valence-electron chi connectivity index (χ3n) is 2.34. The topological polar surface area (TPSA) is 73.1 Å². The van der Waals surface area contributed by atoms with E-state index in [2.05, 4.69) is 15.3 Å². The lowest BCUT2D eigenvalue weighted by molar-refractivity contribution is 0.0875. The van der Waals surface area contributed by atoms with Gasteiger partial charge in [-0.25, -0.2) is 9.97 Å². The van der Waals surface area contributed by atoms with Crippen LogP contribution in [0.1, 0.15) is 12.8 Å². The van der Waals surface area contributed by atoms with Crippen LogP contribution in [-0.2, 0) is 4.74 Å². The van der Waals surface area contributed by atoms with Crippen LogP contribution in [0, 0.1) is 0 Å². The van der Waals surface area contributed by atoms with Crippen molar-refractivity contribution in [2.45, 2.75) is 18.9 Å². The van der Waals surface area contributed by atoms with Gasteiger partial charge in [-0.15, -0.1) is 0 Å². The summed E-state index contributed by atoms with van der Waals surface area (Å²) in [5, 5.41) is 3.49. The summed E-state index contributed by atoms with van der Waals surface area (Å²) in [7, 11) is 0. The molecule has 1 aliphatic rings. The molecule has 7 heteroatoms. The SMILES string of the molecule is Nc1c(Cl)ncnc1N[C@H]1CCCOC1.S. The van der Waals surface area contributed by atoms with Crippen molar-refractivity contribution < 1.29 is 4.74 Å². The maximum absolute atomic E-state index is 5.78. The highest BCUT2D eigenvalue weighted by Gasteiger charge is 2.16. The molecule has 16 heavy (non-hydrogen) atoms. The van der Waals surface area contributed by atoms with Crippen molar-refractivity contribution in [1.82, 2.24) is 9.97 Å². The van der Waals surface area contributed by atoms with Crippen molar-refractivity contribution in [2.24, 2.45) is 0 Å². The fourth-order valence-electron chi connectivity index (χ4n) is 1.54. The molecule has 0 amide bonds. The van der Waals surface area contributed by atoms with Gasteiger partial charge < -0.3 is 15.8 Å². The molecule has 2 heterocycles. The van der Waals surface area contributed by atoms with Gasteiger partial charge in [-0.1, -0.05) is 11.6 Å². The van der Waals surface area contributed by atoms with E-state index in [9.17, 15) is 0 Å². The second-order valence-corrected chi connectivity index (χ2v) is 3.84. The highest BCUT2D eigenvalue weighted by atomic mass is 35.5. The number of hydrogen-bond donors (Lipinski definition) is 2. The third-order valence-corrected chi connectivity index (χ3v) is 2.64. The standard InChI is InChI=1S/C9H13ClN4O.H2S/c10-8-7(11)9(13-5-12-8)14-6-2-1-3-15-4-6;/h5-6H,1-4,11H2,(H,12,13,14);1H2/t6-;/m0./s1. The summed E-state index contributed by atoms with van der Waals surface area (Å²) >= 11 is 5.78. The fourth-order valence-corrected chi connectivity index (χ4v) is 1.67. The molecule has 0 radical (unpaired) electrons. The molecular weight excluding hydrogens is 248 g/mol. The van der Waals surface area contributed by atoms with Gasteiger partial charge in [0.05, 0.1) is 12.6 Å². The molecule has 0 saturated carbocycles. The minimum atomic E-state index is 0. The number of rotatable bonds is 2. The first-order valence-corrected chi connectivity index (χ1v) is 5.25. The van der Waals surface area contributed by atoms with E-state index in [0.29, 0.717) is 18.1 Å². The normalized spacial score (nSPS) is 19.9. The van der Waals surface area contributed by atoms with Gasteiger partial charge in [0, 0.05) is 6.61 Å². The first-order valence-electron chi connectivity index (χ1n) is 4.87. The number of anilines is 2. The zero-order valence-corrected chi connectivity index (χ0v) is 10.5. The van der Waals surface area contributed by atoms with Crippen LogP contribution < -0.4 is 11.1 Å². The summed E-state index contributed by atoms with van der Waals surface area (Å²) in [6.07, 6.45) is 3.50. The highest BCUT2D eigenvalue weighted by Crippen LogP contribution is 2.23. The molecule has 90 valence electrons. The van der Waals surface area contributed by atoms with E-state index >= 15 is 0 Å². The van der Waals surface area contributed by atoms with Crippen molar-refractivity contribution in [3.05, 3.63) is 11.5 Å². The van der Waals surface area contributed by atoms with Gasteiger partial charge in [-0.2, -0.15) is 13.5 Å². The minimum absolute atomic E-state index is 0. The van der Waals surface area contributed by atoms with Gasteiger partial charge in [-0.05, 0) is 12.8 Å². The molecular formula is C9H15ClN4OS. The molecule has 1 aromatic heterocycles. The van der Waals surface area contributed by atoms with E-state index < -0.39 is 0 Å². The molecule has 2 rings (SSSR count). The van der Waals surface area contributed by atoms with Crippen molar-refractivity contribution in [2.75, 3.05) is 24.3 Å². The van der Waals surface area contributed by atoms with Gasteiger partial charge in [0.1, 0.15) is 12.0 Å². The largest absolute Gasteiger partial charge is 0.393 e. The highest BCUT2D eigenvalue weighted by molar-refractivity contribution is 7.59. The summed E-state index contributed by atoms with van der Waals surface area (Å²) < 4.78 is 5.34. The van der Waals surface area contributed by atoms with Crippen molar-refractivity contribution in [1.29, 1.82) is 0 Å². The number of nitrogens with two attached hydrogens (primary N) is 1. The van der Waals surface area contributed by atoms with E-state index in [1.807, 2.05) is 0 Å². The number of hydrogen-bond acceptors (Lipinski definition) is 5. The average molecular weight is 263 g/mol. The van der Waals surface area contributed by atoms with Gasteiger partial charge in [0.25, 0.3) is 0 Å². The molecule has 0 spiro atoms. The summed E-state index contributed by atoms with van der Waals surface area (Å²) in [4.78, 5) is 7.84. The quantitative estimate of drug-likeness (QED) is 0.789. The number of ether oxygens (including phenoxy) is 1. The number of nitrogens with zero attached hydrogens (tertiary/aromatic N) is 2. The van der Waals surface area contributed by atoms with E-state index in [0.717, 1.165) is 19.4 Å². The Morgan fingerprint density at radius 3 is 3.00 bits per heavy atom. The van der Waals surface area contributed by atoms with Gasteiger partial charge >= 0.3 is 0 Å². The lowest BCUT2D eigenvalue weighted by Crippen LogP contribution is -2.30. The molecule has 3 N–H and O–H groups in total. The Labute approximate surface area is 106 Å². The second kappa shape index (κ2) is 6.12. The molecule has 5 nitrogen and oxygen atoms in total. The molecule has 1 aromatic rings. The smallest absolute Gasteiger partial charge is 0.157 e. The molecule has 0 aliphatic carbocycles. The Morgan fingerprint density at radius 2 is 2.31 bits per heavy atom. The van der Waals surface area contributed by atoms with Gasteiger partial charge in [0.15, 0.2) is 11.0 Å². The number of aromatic nitrogens is 2. The monoisotopic (exact) mass is 262 g/mol. The van der Waals surface area contributed by atoms with Crippen LogP contribution in [0.4, 0.5) is 11.5 Å². The van der Waals surface area contributed by atoms with Crippen molar-refractivity contribution in [3.8, 4) is 0 Å². The second-order valence-electron chi connectivity index (χ2n) is 3.49. The predicted octanol–water partition coefficient (Wildman–Crippen LogP) is 1.42. The number of nitrogens with one attached hydrogen (secondary N) is 1. The molecule has 0 unspecified atom stereocenters. The number of nitrogen functional groups attached to an aromatic ring is 1. The molecule has 0 aromatic carbocycles. The van der Waals surface area contributed by atoms with Crippen LogP contribution in [-0.4, -0.2) is 29.2 Å². The Morgan fingerprint density at radius 1 is 1.50 bits per heavy atom. The lowest BCUT2D eigenvalue weighted by Gasteiger charge is -2.24.